The van der Waals surface area contributed by atoms with Gasteiger partial charge in [0.1, 0.15) is 5.04 Å². The summed E-state index contributed by atoms with van der Waals surface area (Å²) in [5.74, 6) is 0.908. The predicted molar refractivity (Wildman–Crippen MR) is 70.1 cm³/mol. The van der Waals surface area contributed by atoms with Crippen molar-refractivity contribution in [1.29, 1.82) is 0 Å². The molecule has 1 aromatic carbocycles. The number of hydrazone groups is 1. The van der Waals surface area contributed by atoms with E-state index < -0.39 is 0 Å². The zero-order valence-corrected chi connectivity index (χ0v) is 10.3. The molecule has 0 aliphatic carbocycles. The second-order valence-electron chi connectivity index (χ2n) is 3.75. The number of H-pyrrole nitrogens is 1. The van der Waals surface area contributed by atoms with Crippen LogP contribution in [0.15, 0.2) is 29.4 Å². The van der Waals surface area contributed by atoms with Gasteiger partial charge in [0.05, 0.1) is 11.6 Å². The van der Waals surface area contributed by atoms with E-state index in [1.54, 1.807) is 11.8 Å². The van der Waals surface area contributed by atoms with Crippen molar-refractivity contribution in [2.24, 2.45) is 5.10 Å². The fraction of sp³-hybridized carbons (Fsp3) is 0.182. The SMILES string of the molecule is CN1CSC(c2cc3cc(Cl)ccc3[nH]2)=N1. The minimum atomic E-state index is 0.760. The quantitative estimate of drug-likeness (QED) is 0.844. The first-order chi connectivity index (χ1) is 7.72. The molecule has 1 aliphatic rings. The fourth-order valence-corrected chi connectivity index (χ4v) is 2.73. The second kappa shape index (κ2) is 3.71. The standard InChI is InChI=1S/C11H10ClN3S/c1-15-6-16-11(14-15)10-5-7-4-8(12)2-3-9(7)13-10/h2-5,13H,6H2,1H3. The molecule has 0 radical (unpaired) electrons. The molecule has 1 N–H and O–H groups in total. The van der Waals surface area contributed by atoms with Gasteiger partial charge in [-0.3, -0.25) is 5.01 Å². The van der Waals surface area contributed by atoms with Gasteiger partial charge in [-0.1, -0.05) is 23.4 Å². The van der Waals surface area contributed by atoms with Crippen molar-refractivity contribution >= 4 is 39.3 Å². The Balaban J connectivity index is 2.09. The molecule has 1 aromatic heterocycles. The zero-order chi connectivity index (χ0) is 11.1. The van der Waals surface area contributed by atoms with Crippen LogP contribution in [0.1, 0.15) is 5.69 Å². The smallest absolute Gasteiger partial charge is 0.142 e. The number of hydrogen-bond donors (Lipinski definition) is 1. The van der Waals surface area contributed by atoms with E-state index in [9.17, 15) is 0 Å². The molecule has 2 aromatic rings. The second-order valence-corrected chi connectivity index (χ2v) is 5.12. The summed E-state index contributed by atoms with van der Waals surface area (Å²) in [6, 6.07) is 7.93. The van der Waals surface area contributed by atoms with E-state index >= 15 is 0 Å². The Morgan fingerprint density at radius 1 is 1.44 bits per heavy atom. The Bertz CT molecular complexity index is 576. The highest BCUT2D eigenvalue weighted by molar-refractivity contribution is 8.14. The van der Waals surface area contributed by atoms with Crippen molar-refractivity contribution in [2.45, 2.75) is 0 Å². The molecule has 0 spiro atoms. The largest absolute Gasteiger partial charge is 0.353 e. The number of hydrogen-bond acceptors (Lipinski definition) is 3. The molecule has 0 unspecified atom stereocenters. The van der Waals surface area contributed by atoms with Crippen LogP contribution in [0.2, 0.25) is 5.02 Å². The summed E-state index contributed by atoms with van der Waals surface area (Å²) in [7, 11) is 1.97. The number of nitrogens with one attached hydrogen (secondary N) is 1. The van der Waals surface area contributed by atoms with E-state index in [1.165, 1.54) is 0 Å². The van der Waals surface area contributed by atoms with E-state index in [-0.39, 0.29) is 0 Å². The van der Waals surface area contributed by atoms with E-state index in [0.717, 1.165) is 32.5 Å². The van der Waals surface area contributed by atoms with Crippen molar-refractivity contribution in [3.63, 3.8) is 0 Å². The van der Waals surface area contributed by atoms with Gasteiger partial charge in [-0.05, 0) is 24.3 Å². The summed E-state index contributed by atoms with van der Waals surface area (Å²) < 4.78 is 0. The van der Waals surface area contributed by atoms with Gasteiger partial charge in [0.2, 0.25) is 0 Å². The lowest BCUT2D eigenvalue weighted by Crippen LogP contribution is -2.02. The van der Waals surface area contributed by atoms with Gasteiger partial charge in [0.15, 0.2) is 0 Å². The molecule has 0 atom stereocenters. The molecule has 0 bridgehead atoms. The van der Waals surface area contributed by atoms with Crippen LogP contribution in [0.25, 0.3) is 10.9 Å². The molecular formula is C11H10ClN3S. The summed E-state index contributed by atoms with van der Waals surface area (Å²) in [6.45, 7) is 0. The summed E-state index contributed by atoms with van der Waals surface area (Å²) in [5.41, 5.74) is 2.16. The van der Waals surface area contributed by atoms with Crippen LogP contribution in [0.3, 0.4) is 0 Å². The van der Waals surface area contributed by atoms with Gasteiger partial charge in [0, 0.05) is 23.0 Å². The third-order valence-corrected chi connectivity index (χ3v) is 3.78. The minimum Gasteiger partial charge on any atom is -0.353 e. The molecular weight excluding hydrogens is 242 g/mol. The normalized spacial score (nSPS) is 15.9. The molecule has 0 amide bonds. The highest BCUT2D eigenvalue weighted by atomic mass is 35.5. The summed E-state index contributed by atoms with van der Waals surface area (Å²) in [4.78, 5) is 3.35. The average Bonchev–Trinajstić information content (AvgIpc) is 2.83. The topological polar surface area (TPSA) is 31.4 Å². The monoisotopic (exact) mass is 251 g/mol. The third-order valence-electron chi connectivity index (χ3n) is 2.46. The van der Waals surface area contributed by atoms with E-state index in [1.807, 2.05) is 30.3 Å². The van der Waals surface area contributed by atoms with Crippen molar-refractivity contribution < 1.29 is 0 Å². The molecule has 0 saturated heterocycles. The molecule has 82 valence electrons. The molecule has 2 heterocycles. The lowest BCUT2D eigenvalue weighted by atomic mass is 10.2. The van der Waals surface area contributed by atoms with E-state index in [0.29, 0.717) is 0 Å². The number of nitrogens with zero attached hydrogens (tertiary/aromatic N) is 2. The molecule has 0 saturated carbocycles. The lowest BCUT2D eigenvalue weighted by molar-refractivity contribution is 0.429. The van der Waals surface area contributed by atoms with Crippen molar-refractivity contribution in [2.75, 3.05) is 12.9 Å². The van der Waals surface area contributed by atoms with Gasteiger partial charge >= 0.3 is 0 Å². The first-order valence-corrected chi connectivity index (χ1v) is 6.30. The Hall–Kier alpha value is -1.13. The van der Waals surface area contributed by atoms with E-state index in [2.05, 4.69) is 16.2 Å². The van der Waals surface area contributed by atoms with Crippen molar-refractivity contribution in [1.82, 2.24) is 9.99 Å². The van der Waals surface area contributed by atoms with Crippen molar-refractivity contribution in [3.8, 4) is 0 Å². The minimum absolute atomic E-state index is 0.760. The first-order valence-electron chi connectivity index (χ1n) is 4.93. The zero-order valence-electron chi connectivity index (χ0n) is 8.70. The summed E-state index contributed by atoms with van der Waals surface area (Å²) in [6.07, 6.45) is 0. The highest BCUT2D eigenvalue weighted by Gasteiger charge is 2.15. The van der Waals surface area contributed by atoms with Crippen LogP contribution >= 0.6 is 23.4 Å². The van der Waals surface area contributed by atoms with Crippen LogP contribution < -0.4 is 0 Å². The number of aromatic nitrogens is 1. The van der Waals surface area contributed by atoms with Gasteiger partial charge in [0.25, 0.3) is 0 Å². The number of aromatic amines is 1. The first kappa shape index (κ1) is 10.1. The van der Waals surface area contributed by atoms with Crippen LogP contribution in [-0.4, -0.2) is 28.0 Å². The van der Waals surface area contributed by atoms with Gasteiger partial charge in [-0.15, -0.1) is 0 Å². The molecule has 3 rings (SSSR count). The van der Waals surface area contributed by atoms with Crippen molar-refractivity contribution in [3.05, 3.63) is 35.0 Å². The fourth-order valence-electron chi connectivity index (χ4n) is 1.72. The van der Waals surface area contributed by atoms with Crippen LogP contribution in [0.4, 0.5) is 0 Å². The molecule has 16 heavy (non-hydrogen) atoms. The van der Waals surface area contributed by atoms with Gasteiger partial charge in [-0.2, -0.15) is 5.10 Å². The Labute approximate surface area is 102 Å². The average molecular weight is 252 g/mol. The number of benzene rings is 1. The van der Waals surface area contributed by atoms with Crippen LogP contribution in [0.5, 0.6) is 0 Å². The predicted octanol–water partition coefficient (Wildman–Crippen LogP) is 3.12. The number of rotatable bonds is 1. The lowest BCUT2D eigenvalue weighted by Gasteiger charge is -1.99. The maximum atomic E-state index is 5.95. The maximum Gasteiger partial charge on any atom is 0.142 e. The Morgan fingerprint density at radius 3 is 3.06 bits per heavy atom. The molecule has 5 heteroatoms. The maximum absolute atomic E-state index is 5.95. The van der Waals surface area contributed by atoms with Crippen LogP contribution in [0, 0.1) is 0 Å². The molecule has 3 nitrogen and oxygen atoms in total. The highest BCUT2D eigenvalue weighted by Crippen LogP contribution is 2.25. The number of fused-ring (bicyclic) bond motifs is 1. The summed E-state index contributed by atoms with van der Waals surface area (Å²) >= 11 is 7.69. The number of halogens is 1. The molecule has 1 aliphatic heterocycles. The number of thioether (sulfide) groups is 1. The third kappa shape index (κ3) is 1.68. The summed E-state index contributed by atoms with van der Waals surface area (Å²) in [5, 5.41) is 9.28. The molecule has 0 fully saturated rings. The Kier molecular flexibility index (Phi) is 2.33. The Morgan fingerprint density at radius 2 is 2.31 bits per heavy atom. The van der Waals surface area contributed by atoms with E-state index in [4.69, 9.17) is 11.6 Å². The van der Waals surface area contributed by atoms with Crippen LogP contribution in [-0.2, 0) is 0 Å². The van der Waals surface area contributed by atoms with Gasteiger partial charge in [-0.25, -0.2) is 0 Å². The van der Waals surface area contributed by atoms with Gasteiger partial charge < -0.3 is 4.98 Å².